The molecule has 0 aliphatic heterocycles. The van der Waals surface area contributed by atoms with Gasteiger partial charge in [-0.2, -0.15) is 0 Å². The van der Waals surface area contributed by atoms with Crippen molar-refractivity contribution in [1.82, 2.24) is 0 Å². The van der Waals surface area contributed by atoms with Gasteiger partial charge in [-0.05, 0) is 44.5 Å². The summed E-state index contributed by atoms with van der Waals surface area (Å²) in [5, 5.41) is 2.80. The van der Waals surface area contributed by atoms with Crippen LogP contribution in [0.25, 0.3) is 0 Å². The van der Waals surface area contributed by atoms with Crippen LogP contribution in [-0.4, -0.2) is 25.0 Å². The first-order valence-corrected chi connectivity index (χ1v) is 7.44. The van der Waals surface area contributed by atoms with Gasteiger partial charge in [0.2, 0.25) is 5.91 Å². The van der Waals surface area contributed by atoms with Crippen LogP contribution in [0.5, 0.6) is 0 Å². The topological polar surface area (TPSA) is 81.4 Å². The largest absolute Gasteiger partial charge is 0.462 e. The number of carbonyl (C=O) groups excluding carboxylic acids is 2. The number of ether oxygens (including phenoxy) is 1. The lowest BCUT2D eigenvalue weighted by atomic mass is 10.1. The Bertz CT molecular complexity index is 466. The monoisotopic (exact) mass is 328 g/mol. The summed E-state index contributed by atoms with van der Waals surface area (Å²) >= 11 is 0. The number of hydrogen-bond donors (Lipinski definition) is 2. The summed E-state index contributed by atoms with van der Waals surface area (Å²) in [7, 11) is 0. The Morgan fingerprint density at radius 3 is 2.59 bits per heavy atom. The molecule has 0 atom stereocenters. The molecule has 124 valence electrons. The number of esters is 1. The van der Waals surface area contributed by atoms with Gasteiger partial charge in [0.15, 0.2) is 0 Å². The molecule has 1 aromatic carbocycles. The third-order valence-corrected chi connectivity index (χ3v) is 3.02. The first-order valence-electron chi connectivity index (χ1n) is 7.44. The SMILES string of the molecule is CCOC(=O)c1cccc(NC(=O)CCCCCCN)c1.Cl. The third-order valence-electron chi connectivity index (χ3n) is 3.02. The molecule has 1 aromatic rings. The molecule has 0 saturated carbocycles. The van der Waals surface area contributed by atoms with Crippen molar-refractivity contribution >= 4 is 30.0 Å². The Morgan fingerprint density at radius 2 is 1.91 bits per heavy atom. The summed E-state index contributed by atoms with van der Waals surface area (Å²) in [5.74, 6) is -0.417. The van der Waals surface area contributed by atoms with Crippen LogP contribution in [0.1, 0.15) is 49.4 Å². The Labute approximate surface area is 138 Å². The highest BCUT2D eigenvalue weighted by Crippen LogP contribution is 2.13. The fourth-order valence-electron chi connectivity index (χ4n) is 1.95. The van der Waals surface area contributed by atoms with Crippen molar-refractivity contribution in [3.8, 4) is 0 Å². The number of hydrogen-bond acceptors (Lipinski definition) is 4. The van der Waals surface area contributed by atoms with Crippen LogP contribution in [0.3, 0.4) is 0 Å². The first-order chi connectivity index (χ1) is 10.2. The minimum atomic E-state index is -0.379. The molecular formula is C16H25ClN2O3. The van der Waals surface area contributed by atoms with E-state index in [4.69, 9.17) is 10.5 Å². The molecule has 0 fully saturated rings. The second-order valence-corrected chi connectivity index (χ2v) is 4.80. The van der Waals surface area contributed by atoms with Gasteiger partial charge in [0.25, 0.3) is 0 Å². The average Bonchev–Trinajstić information content (AvgIpc) is 2.47. The Kier molecular flexibility index (Phi) is 11.1. The number of rotatable bonds is 9. The fourth-order valence-corrected chi connectivity index (χ4v) is 1.95. The van der Waals surface area contributed by atoms with E-state index in [9.17, 15) is 9.59 Å². The predicted octanol–water partition coefficient (Wildman–Crippen LogP) is 3.13. The van der Waals surface area contributed by atoms with E-state index in [0.29, 0.717) is 30.8 Å². The molecule has 0 spiro atoms. The van der Waals surface area contributed by atoms with Gasteiger partial charge >= 0.3 is 5.97 Å². The lowest BCUT2D eigenvalue weighted by molar-refractivity contribution is -0.116. The molecule has 3 N–H and O–H groups in total. The van der Waals surface area contributed by atoms with Crippen molar-refractivity contribution in [2.75, 3.05) is 18.5 Å². The van der Waals surface area contributed by atoms with E-state index in [1.807, 2.05) is 0 Å². The van der Waals surface area contributed by atoms with Gasteiger partial charge in [0, 0.05) is 12.1 Å². The first kappa shape index (κ1) is 20.4. The smallest absolute Gasteiger partial charge is 0.338 e. The maximum atomic E-state index is 11.8. The van der Waals surface area contributed by atoms with E-state index >= 15 is 0 Å². The van der Waals surface area contributed by atoms with Crippen LogP contribution in [0, 0.1) is 0 Å². The number of anilines is 1. The molecule has 0 aliphatic rings. The summed E-state index contributed by atoms with van der Waals surface area (Å²) in [4.78, 5) is 23.4. The molecule has 1 rings (SSSR count). The summed E-state index contributed by atoms with van der Waals surface area (Å²) in [5.41, 5.74) is 6.48. The van der Waals surface area contributed by atoms with Gasteiger partial charge in [-0.25, -0.2) is 4.79 Å². The number of amides is 1. The molecule has 0 bridgehead atoms. The molecule has 0 saturated heterocycles. The lowest BCUT2D eigenvalue weighted by Gasteiger charge is -2.07. The van der Waals surface area contributed by atoms with Crippen molar-refractivity contribution in [3.63, 3.8) is 0 Å². The number of carbonyl (C=O) groups is 2. The molecule has 0 aromatic heterocycles. The Hall–Kier alpha value is -1.59. The molecular weight excluding hydrogens is 304 g/mol. The summed E-state index contributed by atoms with van der Waals surface area (Å²) in [6.45, 7) is 2.79. The van der Waals surface area contributed by atoms with Crippen molar-refractivity contribution in [3.05, 3.63) is 29.8 Å². The highest BCUT2D eigenvalue weighted by Gasteiger charge is 2.08. The zero-order valence-corrected chi connectivity index (χ0v) is 13.8. The van der Waals surface area contributed by atoms with Crippen LogP contribution in [0.4, 0.5) is 5.69 Å². The minimum Gasteiger partial charge on any atom is -0.462 e. The van der Waals surface area contributed by atoms with Crippen molar-refractivity contribution in [2.45, 2.75) is 39.0 Å². The fraction of sp³-hybridized carbons (Fsp3) is 0.500. The molecule has 6 heteroatoms. The number of benzene rings is 1. The Morgan fingerprint density at radius 1 is 1.18 bits per heavy atom. The second kappa shape index (κ2) is 12.0. The van der Waals surface area contributed by atoms with E-state index in [2.05, 4.69) is 5.32 Å². The second-order valence-electron chi connectivity index (χ2n) is 4.80. The van der Waals surface area contributed by atoms with Crippen LogP contribution in [-0.2, 0) is 9.53 Å². The molecule has 0 unspecified atom stereocenters. The standard InChI is InChI=1S/C16H24N2O3.ClH/c1-2-21-16(20)13-8-7-9-14(12-13)18-15(19)10-5-3-4-6-11-17;/h7-9,12H,2-6,10-11,17H2,1H3,(H,18,19);1H. The Balaban J connectivity index is 0.00000441. The number of nitrogens with one attached hydrogen (secondary N) is 1. The number of unbranched alkanes of at least 4 members (excludes halogenated alkanes) is 3. The van der Waals surface area contributed by atoms with Crippen molar-refractivity contribution in [1.29, 1.82) is 0 Å². The van der Waals surface area contributed by atoms with Gasteiger partial charge in [-0.15, -0.1) is 12.4 Å². The van der Waals surface area contributed by atoms with Gasteiger partial charge < -0.3 is 15.8 Å². The zero-order valence-electron chi connectivity index (χ0n) is 13.0. The highest BCUT2D eigenvalue weighted by molar-refractivity contribution is 5.94. The third kappa shape index (κ3) is 8.00. The van der Waals surface area contributed by atoms with Crippen molar-refractivity contribution < 1.29 is 14.3 Å². The lowest BCUT2D eigenvalue weighted by Crippen LogP contribution is -2.12. The van der Waals surface area contributed by atoms with Crippen molar-refractivity contribution in [2.24, 2.45) is 5.73 Å². The normalized spacial score (nSPS) is 9.73. The van der Waals surface area contributed by atoms with Crippen LogP contribution < -0.4 is 11.1 Å². The predicted molar refractivity (Wildman–Crippen MR) is 90.4 cm³/mol. The average molecular weight is 329 g/mol. The van der Waals surface area contributed by atoms with E-state index in [-0.39, 0.29) is 24.3 Å². The van der Waals surface area contributed by atoms with E-state index in [1.165, 1.54) is 0 Å². The van der Waals surface area contributed by atoms with E-state index < -0.39 is 0 Å². The highest BCUT2D eigenvalue weighted by atomic mass is 35.5. The zero-order chi connectivity index (χ0) is 15.5. The molecule has 1 amide bonds. The molecule has 0 heterocycles. The number of halogens is 1. The van der Waals surface area contributed by atoms with Gasteiger partial charge in [0.05, 0.1) is 12.2 Å². The van der Waals surface area contributed by atoms with Crippen LogP contribution >= 0.6 is 12.4 Å². The van der Waals surface area contributed by atoms with Gasteiger partial charge in [0.1, 0.15) is 0 Å². The number of nitrogens with two attached hydrogens (primary N) is 1. The van der Waals surface area contributed by atoms with Crippen LogP contribution in [0.15, 0.2) is 24.3 Å². The maximum absolute atomic E-state index is 11.8. The van der Waals surface area contributed by atoms with Gasteiger partial charge in [-0.1, -0.05) is 18.9 Å². The summed E-state index contributed by atoms with van der Waals surface area (Å²) in [6, 6.07) is 6.78. The molecule has 0 radical (unpaired) electrons. The maximum Gasteiger partial charge on any atom is 0.338 e. The van der Waals surface area contributed by atoms with E-state index in [0.717, 1.165) is 25.7 Å². The minimum absolute atomic E-state index is 0. The molecule has 0 aliphatic carbocycles. The van der Waals surface area contributed by atoms with Crippen LogP contribution in [0.2, 0.25) is 0 Å². The molecule has 22 heavy (non-hydrogen) atoms. The summed E-state index contributed by atoms with van der Waals surface area (Å²) < 4.78 is 4.93. The summed E-state index contributed by atoms with van der Waals surface area (Å²) in [6.07, 6.45) is 4.40. The quantitative estimate of drug-likeness (QED) is 0.539. The van der Waals surface area contributed by atoms with Gasteiger partial charge in [-0.3, -0.25) is 4.79 Å². The van der Waals surface area contributed by atoms with E-state index in [1.54, 1.807) is 31.2 Å². The molecule has 5 nitrogen and oxygen atoms in total.